The van der Waals surface area contributed by atoms with Crippen molar-refractivity contribution in [3.05, 3.63) is 0 Å². The molecule has 80 valence electrons. The van der Waals surface area contributed by atoms with Gasteiger partial charge in [0.05, 0.1) is 22.5 Å². The van der Waals surface area contributed by atoms with Crippen LogP contribution in [-0.4, -0.2) is 31.6 Å². The van der Waals surface area contributed by atoms with Crippen LogP contribution in [0.2, 0.25) is 0 Å². The van der Waals surface area contributed by atoms with Gasteiger partial charge in [-0.15, -0.1) is 0 Å². The molecule has 14 heavy (non-hydrogen) atoms. The third-order valence-electron chi connectivity index (χ3n) is 1.54. The molecule has 0 saturated heterocycles. The van der Waals surface area contributed by atoms with Gasteiger partial charge < -0.3 is 4.55 Å². The van der Waals surface area contributed by atoms with Crippen LogP contribution in [0.1, 0.15) is 25.7 Å². The van der Waals surface area contributed by atoms with E-state index in [0.29, 0.717) is 19.3 Å². The molecule has 0 aromatic carbocycles. The number of rotatable bonds is 7. The van der Waals surface area contributed by atoms with Crippen LogP contribution >= 0.6 is 0 Å². The standard InChI is InChI=1S/C7H14F2O3S.K/c8-5-3-1-2-4-7(9)6-13(10,11)12;/h7H,1-6H2,(H,10,11,12);/q;+1/p-1. The second kappa shape index (κ2) is 9.62. The van der Waals surface area contributed by atoms with Crippen molar-refractivity contribution in [3.63, 3.8) is 0 Å². The van der Waals surface area contributed by atoms with Crippen LogP contribution in [-0.2, 0) is 10.1 Å². The Hall–Kier alpha value is 1.41. The van der Waals surface area contributed by atoms with Crippen molar-refractivity contribution in [3.8, 4) is 0 Å². The van der Waals surface area contributed by atoms with Crippen LogP contribution in [0.25, 0.3) is 0 Å². The summed E-state index contributed by atoms with van der Waals surface area (Å²) in [6, 6.07) is 0. The van der Waals surface area contributed by atoms with Gasteiger partial charge in [0, 0.05) is 0 Å². The molecule has 0 spiro atoms. The first-order valence-electron chi connectivity index (χ1n) is 4.09. The molecular weight excluding hydrogens is 241 g/mol. The fourth-order valence-corrected chi connectivity index (χ4v) is 1.55. The molecule has 0 amide bonds. The van der Waals surface area contributed by atoms with Gasteiger partial charge in [0.1, 0.15) is 6.17 Å². The molecule has 0 saturated carbocycles. The van der Waals surface area contributed by atoms with E-state index >= 15 is 0 Å². The van der Waals surface area contributed by atoms with Crippen LogP contribution in [0.15, 0.2) is 0 Å². The molecule has 0 aliphatic heterocycles. The molecule has 1 atom stereocenters. The number of unbranched alkanes of at least 4 members (excludes halogenated alkanes) is 2. The summed E-state index contributed by atoms with van der Waals surface area (Å²) >= 11 is 0. The smallest absolute Gasteiger partial charge is 0.748 e. The van der Waals surface area contributed by atoms with E-state index in [2.05, 4.69) is 0 Å². The molecule has 0 radical (unpaired) electrons. The summed E-state index contributed by atoms with van der Waals surface area (Å²) in [5.74, 6) is -0.970. The SMILES string of the molecule is O=S(=O)([O-])CC(F)CCCCCF.[K+]. The van der Waals surface area contributed by atoms with E-state index in [4.69, 9.17) is 0 Å². The normalized spacial score (nSPS) is 13.4. The Kier molecular flexibility index (Phi) is 12.2. The third kappa shape index (κ3) is 13.4. The Morgan fingerprint density at radius 2 is 1.79 bits per heavy atom. The summed E-state index contributed by atoms with van der Waals surface area (Å²) in [5.41, 5.74) is 0. The van der Waals surface area contributed by atoms with E-state index in [-0.39, 0.29) is 57.8 Å². The van der Waals surface area contributed by atoms with Gasteiger partial charge >= 0.3 is 51.4 Å². The second-order valence-electron chi connectivity index (χ2n) is 2.86. The predicted octanol–water partition coefficient (Wildman–Crippen LogP) is -1.60. The summed E-state index contributed by atoms with van der Waals surface area (Å²) < 4.78 is 54.4. The molecule has 0 heterocycles. The zero-order valence-electron chi connectivity index (χ0n) is 8.21. The van der Waals surface area contributed by atoms with Crippen molar-refractivity contribution in [1.82, 2.24) is 0 Å². The zero-order chi connectivity index (χ0) is 10.3. The van der Waals surface area contributed by atoms with Crippen LogP contribution in [0.5, 0.6) is 0 Å². The fraction of sp³-hybridized carbons (Fsp3) is 1.00. The molecular formula is C7H13F2KO3S. The molecule has 0 aromatic rings. The first kappa shape index (κ1) is 17.8. The van der Waals surface area contributed by atoms with Crippen molar-refractivity contribution < 1.29 is 73.1 Å². The molecule has 1 unspecified atom stereocenters. The fourth-order valence-electron chi connectivity index (χ4n) is 0.942. The number of alkyl halides is 2. The third-order valence-corrected chi connectivity index (χ3v) is 2.31. The minimum atomic E-state index is -4.47. The minimum absolute atomic E-state index is 0. The number of hydrogen-bond donors (Lipinski definition) is 0. The first-order valence-corrected chi connectivity index (χ1v) is 5.67. The molecule has 0 rings (SSSR count). The van der Waals surface area contributed by atoms with Crippen molar-refractivity contribution in [1.29, 1.82) is 0 Å². The van der Waals surface area contributed by atoms with Crippen LogP contribution < -0.4 is 51.4 Å². The predicted molar refractivity (Wildman–Crippen MR) is 43.9 cm³/mol. The van der Waals surface area contributed by atoms with Crippen LogP contribution in [0.4, 0.5) is 8.78 Å². The Morgan fingerprint density at radius 3 is 2.21 bits per heavy atom. The number of hydrogen-bond acceptors (Lipinski definition) is 3. The largest absolute Gasteiger partial charge is 1.00 e. The molecule has 3 nitrogen and oxygen atoms in total. The monoisotopic (exact) mass is 254 g/mol. The van der Waals surface area contributed by atoms with Crippen molar-refractivity contribution >= 4 is 10.1 Å². The number of halogens is 2. The van der Waals surface area contributed by atoms with Crippen molar-refractivity contribution in [2.75, 3.05) is 12.4 Å². The van der Waals surface area contributed by atoms with Crippen LogP contribution in [0, 0.1) is 0 Å². The van der Waals surface area contributed by atoms with Gasteiger partial charge in [-0.3, -0.25) is 4.39 Å². The summed E-state index contributed by atoms with van der Waals surface area (Å²) in [7, 11) is -4.47. The molecule has 0 N–H and O–H groups in total. The van der Waals surface area contributed by atoms with Gasteiger partial charge in [-0.05, 0) is 12.8 Å². The van der Waals surface area contributed by atoms with Gasteiger partial charge in [-0.1, -0.05) is 12.8 Å². The first-order chi connectivity index (χ1) is 5.95. The summed E-state index contributed by atoms with van der Waals surface area (Å²) in [5, 5.41) is 0. The van der Waals surface area contributed by atoms with E-state index in [0.717, 1.165) is 0 Å². The molecule has 0 aromatic heterocycles. The molecule has 7 heteroatoms. The Labute approximate surface area is 126 Å². The topological polar surface area (TPSA) is 57.2 Å². The molecule has 0 fully saturated rings. The van der Waals surface area contributed by atoms with Crippen molar-refractivity contribution in [2.24, 2.45) is 0 Å². The zero-order valence-corrected chi connectivity index (χ0v) is 12.1. The van der Waals surface area contributed by atoms with E-state index in [9.17, 15) is 21.8 Å². The maximum absolute atomic E-state index is 12.7. The van der Waals surface area contributed by atoms with Gasteiger partial charge in [0.15, 0.2) is 0 Å². The van der Waals surface area contributed by atoms with Crippen LogP contribution in [0.3, 0.4) is 0 Å². The summed E-state index contributed by atoms with van der Waals surface area (Å²) in [6.45, 7) is -0.448. The van der Waals surface area contributed by atoms with Gasteiger partial charge in [0.2, 0.25) is 0 Å². The molecule has 0 aliphatic carbocycles. The average molecular weight is 254 g/mol. The summed E-state index contributed by atoms with van der Waals surface area (Å²) in [4.78, 5) is 0. The Bertz CT molecular complexity index is 221. The van der Waals surface area contributed by atoms with E-state index in [1.54, 1.807) is 0 Å². The Morgan fingerprint density at radius 1 is 1.21 bits per heavy atom. The average Bonchev–Trinajstić information content (AvgIpc) is 1.94. The molecule has 0 aliphatic rings. The summed E-state index contributed by atoms with van der Waals surface area (Å²) in [6.07, 6.45) is -0.295. The quantitative estimate of drug-likeness (QED) is 0.312. The Balaban J connectivity index is 0. The maximum atomic E-state index is 12.7. The van der Waals surface area contributed by atoms with Crippen molar-refractivity contribution in [2.45, 2.75) is 31.9 Å². The van der Waals surface area contributed by atoms with E-state index in [1.165, 1.54) is 0 Å². The van der Waals surface area contributed by atoms with E-state index in [1.807, 2.05) is 0 Å². The molecule has 0 bridgehead atoms. The van der Waals surface area contributed by atoms with Gasteiger partial charge in [-0.2, -0.15) is 0 Å². The second-order valence-corrected chi connectivity index (χ2v) is 4.31. The maximum Gasteiger partial charge on any atom is 1.00 e. The van der Waals surface area contributed by atoms with Gasteiger partial charge in [-0.25, -0.2) is 12.8 Å². The van der Waals surface area contributed by atoms with Gasteiger partial charge in [0.25, 0.3) is 0 Å². The minimum Gasteiger partial charge on any atom is -0.748 e. The van der Waals surface area contributed by atoms with E-state index < -0.39 is 28.7 Å².